The maximum Gasteiger partial charge on any atom is 0.197 e. The number of benzene rings is 9. The molecule has 0 radical (unpaired) electrons. The Bertz CT molecular complexity index is 3780. The standard InChI is InChI=1S/C56H32N2O2/c59-55-39-22-10-12-28-45(39)57-51-41(24-14-26-43(51)55)49-47(35-20-8-3-9-21-35)50-42-25-15-27-44-52(42)58(46-29-13-11-23-40(46)56(44)60)54(50)48(53(49)57)38-31-36(33-16-4-1-5-17-33)30-37(32-38)34-18-6-2-7-19-34/h1-32H. The first-order valence-corrected chi connectivity index (χ1v) is 20.4. The third kappa shape index (κ3) is 4.34. The van der Waals surface area contributed by atoms with E-state index in [9.17, 15) is 9.59 Å². The number of para-hydroxylation sites is 4. The quantitative estimate of drug-likeness (QED) is 0.168. The van der Waals surface area contributed by atoms with E-state index in [0.717, 1.165) is 99.2 Å². The first kappa shape index (κ1) is 32.9. The molecule has 0 aliphatic rings. The second-order valence-electron chi connectivity index (χ2n) is 15.9. The van der Waals surface area contributed by atoms with Crippen molar-refractivity contribution in [1.82, 2.24) is 8.80 Å². The summed E-state index contributed by atoms with van der Waals surface area (Å²) in [5.74, 6) is 0. The topological polar surface area (TPSA) is 43.0 Å². The highest BCUT2D eigenvalue weighted by Crippen LogP contribution is 2.52. The lowest BCUT2D eigenvalue weighted by molar-refractivity contribution is 1.32. The molecule has 4 nitrogen and oxygen atoms in total. The van der Waals surface area contributed by atoms with Gasteiger partial charge in [-0.1, -0.05) is 140 Å². The molecule has 60 heavy (non-hydrogen) atoms. The summed E-state index contributed by atoms with van der Waals surface area (Å²) in [6.45, 7) is 0. The smallest absolute Gasteiger partial charge is 0.197 e. The number of aromatic nitrogens is 2. The average Bonchev–Trinajstić information content (AvgIpc) is 3.84. The van der Waals surface area contributed by atoms with Crippen LogP contribution in [0, 0.1) is 0 Å². The highest BCUT2D eigenvalue weighted by molar-refractivity contribution is 6.36. The fourth-order valence-corrected chi connectivity index (χ4v) is 10.3. The molecule has 0 N–H and O–H groups in total. The van der Waals surface area contributed by atoms with Gasteiger partial charge in [-0.05, 0) is 88.0 Å². The molecule has 0 fully saturated rings. The van der Waals surface area contributed by atoms with E-state index in [1.54, 1.807) is 0 Å². The van der Waals surface area contributed by atoms with Gasteiger partial charge < -0.3 is 8.80 Å². The normalized spacial score (nSPS) is 12.1. The van der Waals surface area contributed by atoms with Crippen molar-refractivity contribution in [3.05, 3.63) is 215 Å². The van der Waals surface area contributed by atoms with Gasteiger partial charge >= 0.3 is 0 Å². The number of hydrogen-bond acceptors (Lipinski definition) is 2. The Kier molecular flexibility index (Phi) is 6.71. The molecule has 0 atom stereocenters. The van der Waals surface area contributed by atoms with Crippen LogP contribution in [0.4, 0.5) is 0 Å². The van der Waals surface area contributed by atoms with E-state index in [1.165, 1.54) is 0 Å². The molecule has 0 saturated heterocycles. The van der Waals surface area contributed by atoms with Gasteiger partial charge in [-0.3, -0.25) is 9.59 Å². The monoisotopic (exact) mass is 764 g/mol. The molecule has 0 saturated carbocycles. The van der Waals surface area contributed by atoms with E-state index < -0.39 is 0 Å². The molecular weight excluding hydrogens is 733 g/mol. The highest BCUT2D eigenvalue weighted by atomic mass is 16.1. The van der Waals surface area contributed by atoms with Crippen molar-refractivity contribution in [3.8, 4) is 44.5 Å². The molecule has 13 rings (SSSR count). The molecule has 9 aromatic carbocycles. The summed E-state index contributed by atoms with van der Waals surface area (Å²) in [5, 5.41) is 6.88. The second-order valence-corrected chi connectivity index (χ2v) is 15.9. The first-order chi connectivity index (χ1) is 29.7. The van der Waals surface area contributed by atoms with E-state index in [2.05, 4.69) is 142 Å². The van der Waals surface area contributed by atoms with Crippen molar-refractivity contribution < 1.29 is 0 Å². The van der Waals surface area contributed by atoms with Crippen LogP contribution in [0.3, 0.4) is 0 Å². The molecule has 0 amide bonds. The van der Waals surface area contributed by atoms with E-state index >= 15 is 0 Å². The molecule has 13 aromatic rings. The summed E-state index contributed by atoms with van der Waals surface area (Å²) in [4.78, 5) is 29.0. The summed E-state index contributed by atoms with van der Waals surface area (Å²) in [5.41, 5.74) is 14.2. The minimum Gasteiger partial charge on any atom is -0.307 e. The van der Waals surface area contributed by atoms with Crippen LogP contribution in [0.25, 0.3) is 121 Å². The Morgan fingerprint density at radius 1 is 0.267 bits per heavy atom. The van der Waals surface area contributed by atoms with E-state index in [1.807, 2.05) is 60.7 Å². The van der Waals surface area contributed by atoms with E-state index in [4.69, 9.17) is 0 Å². The van der Waals surface area contributed by atoms with Crippen LogP contribution in [-0.2, 0) is 0 Å². The molecule has 0 unspecified atom stereocenters. The molecule has 0 aliphatic carbocycles. The van der Waals surface area contributed by atoms with Crippen molar-refractivity contribution in [2.24, 2.45) is 0 Å². The van der Waals surface area contributed by atoms with Crippen LogP contribution in [0.15, 0.2) is 204 Å². The van der Waals surface area contributed by atoms with Gasteiger partial charge in [0.1, 0.15) is 0 Å². The Morgan fingerprint density at radius 2 is 0.633 bits per heavy atom. The lowest BCUT2D eigenvalue weighted by Crippen LogP contribution is -2.07. The summed E-state index contributed by atoms with van der Waals surface area (Å²) >= 11 is 0. The van der Waals surface area contributed by atoms with Gasteiger partial charge in [0.25, 0.3) is 0 Å². The molecule has 0 bridgehead atoms. The van der Waals surface area contributed by atoms with Crippen LogP contribution < -0.4 is 10.9 Å². The molecule has 4 heterocycles. The first-order valence-electron chi connectivity index (χ1n) is 20.4. The molecule has 4 heteroatoms. The molecule has 0 spiro atoms. The summed E-state index contributed by atoms with van der Waals surface area (Å²) in [6, 6.07) is 67.1. The van der Waals surface area contributed by atoms with Crippen LogP contribution in [0.2, 0.25) is 0 Å². The van der Waals surface area contributed by atoms with Crippen molar-refractivity contribution in [2.45, 2.75) is 0 Å². The van der Waals surface area contributed by atoms with E-state index in [0.29, 0.717) is 21.5 Å². The largest absolute Gasteiger partial charge is 0.307 e. The van der Waals surface area contributed by atoms with Gasteiger partial charge in [0.05, 0.1) is 33.1 Å². The van der Waals surface area contributed by atoms with Gasteiger partial charge in [0.15, 0.2) is 10.9 Å². The minimum absolute atomic E-state index is 0.0257. The third-order valence-corrected chi connectivity index (χ3v) is 12.7. The molecule has 0 aliphatic heterocycles. The second kappa shape index (κ2) is 12.2. The predicted molar refractivity (Wildman–Crippen MR) is 250 cm³/mol. The SMILES string of the molecule is O=c1c2ccccc2n2c3c(-c4cc(-c5ccccc5)cc(-c5ccccc5)c4)c4c(c(-c5ccccc5)c3c3cccc1c32)c1cccc2c(=O)c3ccccc3n4c21. The minimum atomic E-state index is 0.0257. The maximum atomic E-state index is 14.5. The van der Waals surface area contributed by atoms with Crippen molar-refractivity contribution in [3.63, 3.8) is 0 Å². The maximum absolute atomic E-state index is 14.5. The summed E-state index contributed by atoms with van der Waals surface area (Å²) in [7, 11) is 0. The number of nitrogens with zero attached hydrogens (tertiary/aromatic N) is 2. The van der Waals surface area contributed by atoms with Gasteiger partial charge in [-0.25, -0.2) is 0 Å². The van der Waals surface area contributed by atoms with Crippen molar-refractivity contribution in [2.75, 3.05) is 0 Å². The zero-order valence-corrected chi connectivity index (χ0v) is 32.2. The van der Waals surface area contributed by atoms with Crippen molar-refractivity contribution in [1.29, 1.82) is 0 Å². The van der Waals surface area contributed by atoms with Gasteiger partial charge in [0.2, 0.25) is 0 Å². The predicted octanol–water partition coefficient (Wildman–Crippen LogP) is 13.4. The number of fused-ring (bicyclic) bond motifs is 10. The van der Waals surface area contributed by atoms with Crippen molar-refractivity contribution >= 4 is 76.2 Å². The fraction of sp³-hybridized carbons (Fsp3) is 0. The van der Waals surface area contributed by atoms with Crippen LogP contribution in [0.1, 0.15) is 0 Å². The molecule has 4 aromatic heterocycles. The molecule has 278 valence electrons. The lowest BCUT2D eigenvalue weighted by atomic mass is 9.87. The van der Waals surface area contributed by atoms with E-state index in [-0.39, 0.29) is 10.9 Å². The fourth-order valence-electron chi connectivity index (χ4n) is 10.3. The van der Waals surface area contributed by atoms with Crippen LogP contribution in [-0.4, -0.2) is 8.80 Å². The zero-order chi connectivity index (χ0) is 39.6. The Hall–Kier alpha value is -8.08. The van der Waals surface area contributed by atoms with Gasteiger partial charge in [-0.2, -0.15) is 0 Å². The van der Waals surface area contributed by atoms with Crippen LogP contribution >= 0.6 is 0 Å². The number of rotatable bonds is 4. The average molecular weight is 765 g/mol. The van der Waals surface area contributed by atoms with Gasteiger partial charge in [-0.15, -0.1) is 0 Å². The molecular formula is C56H32N2O2. The summed E-state index contributed by atoms with van der Waals surface area (Å²) in [6.07, 6.45) is 0. The van der Waals surface area contributed by atoms with Crippen LogP contribution in [0.5, 0.6) is 0 Å². The lowest BCUT2D eigenvalue weighted by Gasteiger charge is -2.18. The number of hydrogen-bond donors (Lipinski definition) is 0. The zero-order valence-electron chi connectivity index (χ0n) is 32.2. The summed E-state index contributed by atoms with van der Waals surface area (Å²) < 4.78 is 4.72. The number of pyridine rings is 2. The highest BCUT2D eigenvalue weighted by Gasteiger charge is 2.30. The Balaban J connectivity index is 1.41. The third-order valence-electron chi connectivity index (χ3n) is 12.7. The Labute approximate surface area is 342 Å². The Morgan fingerprint density at radius 3 is 1.10 bits per heavy atom. The van der Waals surface area contributed by atoms with Gasteiger partial charge in [0, 0.05) is 54.2 Å².